The molecule has 1 atom stereocenters. The quantitative estimate of drug-likeness (QED) is 0.789. The van der Waals surface area contributed by atoms with Crippen LogP contribution in [0.4, 0.5) is 0 Å². The second-order valence-corrected chi connectivity index (χ2v) is 4.91. The maximum atomic E-state index is 10.4. The van der Waals surface area contributed by atoms with E-state index >= 15 is 0 Å². The number of aryl methyl sites for hydroxylation is 2. The maximum absolute atomic E-state index is 10.4. The number of hydrogen-bond donors (Lipinski definition) is 1. The Morgan fingerprint density at radius 2 is 2.10 bits per heavy atom. The summed E-state index contributed by atoms with van der Waals surface area (Å²) in [5.74, 6) is 0.905. The number of aliphatic hydroxyl groups is 1. The van der Waals surface area contributed by atoms with Gasteiger partial charge in [0.15, 0.2) is 0 Å². The third kappa shape index (κ3) is 2.10. The van der Waals surface area contributed by atoms with Gasteiger partial charge in [-0.2, -0.15) is 0 Å². The largest absolute Gasteiger partial charge is 0.386 e. The molecule has 20 heavy (non-hydrogen) atoms. The fourth-order valence-corrected chi connectivity index (χ4v) is 2.60. The van der Waals surface area contributed by atoms with E-state index in [1.165, 1.54) is 0 Å². The molecule has 0 fully saturated rings. The maximum Gasteiger partial charge on any atom is 0.112 e. The van der Waals surface area contributed by atoms with E-state index in [0.29, 0.717) is 6.42 Å². The summed E-state index contributed by atoms with van der Waals surface area (Å²) in [5, 5.41) is 10.4. The van der Waals surface area contributed by atoms with Crippen molar-refractivity contribution in [3.05, 3.63) is 48.3 Å². The lowest BCUT2D eigenvalue weighted by molar-refractivity contribution is 0.166. The molecule has 0 spiro atoms. The first kappa shape index (κ1) is 12.9. The van der Waals surface area contributed by atoms with Crippen molar-refractivity contribution < 1.29 is 5.11 Å². The number of hydrogen-bond acceptors (Lipinski definition) is 3. The number of para-hydroxylation sites is 2. The lowest BCUT2D eigenvalue weighted by Crippen LogP contribution is -2.11. The second-order valence-electron chi connectivity index (χ2n) is 4.91. The van der Waals surface area contributed by atoms with Crippen LogP contribution in [0.5, 0.6) is 0 Å². The molecule has 3 aromatic rings. The minimum atomic E-state index is -0.593. The van der Waals surface area contributed by atoms with Gasteiger partial charge in [-0.1, -0.05) is 12.1 Å². The van der Waals surface area contributed by atoms with E-state index in [1.54, 1.807) is 12.5 Å². The summed E-state index contributed by atoms with van der Waals surface area (Å²) < 4.78 is 3.98. The van der Waals surface area contributed by atoms with Gasteiger partial charge in [-0.05, 0) is 19.1 Å². The molecule has 1 N–H and O–H groups in total. The van der Waals surface area contributed by atoms with E-state index in [1.807, 2.05) is 29.8 Å². The first-order valence-corrected chi connectivity index (χ1v) is 6.79. The van der Waals surface area contributed by atoms with Crippen molar-refractivity contribution in [2.75, 3.05) is 0 Å². The SMILES string of the molecule is CCn1c(CC(O)c2cncn2C)nc2ccccc21. The Bertz CT molecular complexity index is 728. The first-order valence-electron chi connectivity index (χ1n) is 6.79. The lowest BCUT2D eigenvalue weighted by Gasteiger charge is -2.12. The molecule has 2 aromatic heterocycles. The Hall–Kier alpha value is -2.14. The van der Waals surface area contributed by atoms with Crippen LogP contribution in [0.3, 0.4) is 0 Å². The number of fused-ring (bicyclic) bond motifs is 1. The Balaban J connectivity index is 1.96. The summed E-state index contributed by atoms with van der Waals surface area (Å²) in [6.07, 6.45) is 3.29. The molecule has 3 rings (SSSR count). The van der Waals surface area contributed by atoms with Crippen LogP contribution in [-0.2, 0) is 20.0 Å². The molecule has 0 aliphatic rings. The van der Waals surface area contributed by atoms with Crippen LogP contribution < -0.4 is 0 Å². The predicted octanol–water partition coefficient (Wildman–Crippen LogP) is 2.07. The normalized spacial score (nSPS) is 12.9. The van der Waals surface area contributed by atoms with Crippen molar-refractivity contribution in [3.63, 3.8) is 0 Å². The number of imidazole rings is 2. The van der Waals surface area contributed by atoms with Gasteiger partial charge in [0.1, 0.15) is 11.9 Å². The summed E-state index contributed by atoms with van der Waals surface area (Å²) in [7, 11) is 1.88. The highest BCUT2D eigenvalue weighted by Gasteiger charge is 2.17. The average molecular weight is 270 g/mol. The first-order chi connectivity index (χ1) is 9.70. The highest BCUT2D eigenvalue weighted by molar-refractivity contribution is 5.75. The minimum Gasteiger partial charge on any atom is -0.386 e. The Kier molecular flexibility index (Phi) is 3.28. The van der Waals surface area contributed by atoms with Crippen LogP contribution in [0.15, 0.2) is 36.8 Å². The number of nitrogens with zero attached hydrogens (tertiary/aromatic N) is 4. The molecule has 5 heteroatoms. The monoisotopic (exact) mass is 270 g/mol. The third-order valence-corrected chi connectivity index (χ3v) is 3.62. The number of benzene rings is 1. The molecule has 0 aliphatic heterocycles. The number of rotatable bonds is 4. The van der Waals surface area contributed by atoms with E-state index in [4.69, 9.17) is 0 Å². The van der Waals surface area contributed by atoms with Crippen LogP contribution in [0.25, 0.3) is 11.0 Å². The number of aliphatic hydroxyl groups excluding tert-OH is 1. The fourth-order valence-electron chi connectivity index (χ4n) is 2.60. The molecular weight excluding hydrogens is 252 g/mol. The predicted molar refractivity (Wildman–Crippen MR) is 77.3 cm³/mol. The zero-order chi connectivity index (χ0) is 14.1. The summed E-state index contributed by atoms with van der Waals surface area (Å²) in [5.41, 5.74) is 2.89. The van der Waals surface area contributed by atoms with Crippen LogP contribution >= 0.6 is 0 Å². The van der Waals surface area contributed by atoms with Crippen molar-refractivity contribution >= 4 is 11.0 Å². The standard InChI is InChI=1S/C15H18N4O/c1-3-19-12-7-5-4-6-11(12)17-15(19)8-14(20)13-9-16-10-18(13)2/h4-7,9-10,14,20H,3,8H2,1-2H3. The van der Waals surface area contributed by atoms with Crippen molar-refractivity contribution in [1.82, 2.24) is 19.1 Å². The smallest absolute Gasteiger partial charge is 0.112 e. The zero-order valence-electron chi connectivity index (χ0n) is 11.7. The molecule has 0 aliphatic carbocycles. The molecule has 2 heterocycles. The van der Waals surface area contributed by atoms with Gasteiger partial charge >= 0.3 is 0 Å². The van der Waals surface area contributed by atoms with Crippen LogP contribution in [0.2, 0.25) is 0 Å². The van der Waals surface area contributed by atoms with Crippen LogP contribution in [-0.4, -0.2) is 24.2 Å². The van der Waals surface area contributed by atoms with Crippen LogP contribution in [0, 0.1) is 0 Å². The second kappa shape index (κ2) is 5.09. The Labute approximate surface area is 117 Å². The summed E-state index contributed by atoms with van der Waals surface area (Å²) >= 11 is 0. The van der Waals surface area contributed by atoms with Gasteiger partial charge in [0.05, 0.1) is 29.3 Å². The molecule has 0 saturated heterocycles. The molecule has 5 nitrogen and oxygen atoms in total. The molecule has 104 valence electrons. The zero-order valence-corrected chi connectivity index (χ0v) is 11.7. The van der Waals surface area contributed by atoms with Crippen molar-refractivity contribution in [1.29, 1.82) is 0 Å². The van der Waals surface area contributed by atoms with Gasteiger partial charge < -0.3 is 14.2 Å². The number of aromatic nitrogens is 4. The summed E-state index contributed by atoms with van der Waals surface area (Å²) in [6.45, 7) is 2.93. The van der Waals surface area contributed by atoms with Crippen molar-refractivity contribution in [3.8, 4) is 0 Å². The van der Waals surface area contributed by atoms with Gasteiger partial charge in [0.25, 0.3) is 0 Å². The molecule has 1 aromatic carbocycles. The Morgan fingerprint density at radius 3 is 2.80 bits per heavy atom. The highest BCUT2D eigenvalue weighted by Crippen LogP contribution is 2.21. The van der Waals surface area contributed by atoms with E-state index in [9.17, 15) is 5.11 Å². The molecule has 0 saturated carbocycles. The lowest BCUT2D eigenvalue weighted by atomic mass is 10.2. The summed E-state index contributed by atoms with van der Waals surface area (Å²) in [4.78, 5) is 8.68. The highest BCUT2D eigenvalue weighted by atomic mass is 16.3. The minimum absolute atomic E-state index is 0.488. The van der Waals surface area contributed by atoms with Gasteiger partial charge in [0.2, 0.25) is 0 Å². The third-order valence-electron chi connectivity index (χ3n) is 3.62. The summed E-state index contributed by atoms with van der Waals surface area (Å²) in [6, 6.07) is 8.06. The van der Waals surface area contributed by atoms with Gasteiger partial charge in [0, 0.05) is 20.0 Å². The molecular formula is C15H18N4O. The molecule has 0 amide bonds. The van der Waals surface area contributed by atoms with E-state index in [2.05, 4.69) is 27.5 Å². The topological polar surface area (TPSA) is 55.9 Å². The van der Waals surface area contributed by atoms with Crippen molar-refractivity contribution in [2.24, 2.45) is 7.05 Å². The Morgan fingerprint density at radius 1 is 1.30 bits per heavy atom. The van der Waals surface area contributed by atoms with Gasteiger partial charge in [-0.15, -0.1) is 0 Å². The van der Waals surface area contributed by atoms with E-state index in [-0.39, 0.29) is 0 Å². The van der Waals surface area contributed by atoms with E-state index < -0.39 is 6.10 Å². The fraction of sp³-hybridized carbons (Fsp3) is 0.333. The van der Waals surface area contributed by atoms with Crippen LogP contribution in [0.1, 0.15) is 24.5 Å². The molecule has 1 unspecified atom stereocenters. The average Bonchev–Trinajstić information content (AvgIpc) is 3.01. The van der Waals surface area contributed by atoms with Crippen molar-refractivity contribution in [2.45, 2.75) is 26.0 Å². The van der Waals surface area contributed by atoms with Gasteiger partial charge in [-0.3, -0.25) is 0 Å². The van der Waals surface area contributed by atoms with E-state index in [0.717, 1.165) is 29.1 Å². The molecule has 0 radical (unpaired) electrons. The molecule has 0 bridgehead atoms. The van der Waals surface area contributed by atoms with Gasteiger partial charge in [-0.25, -0.2) is 9.97 Å².